The van der Waals surface area contributed by atoms with Crippen LogP contribution in [0.5, 0.6) is 11.6 Å². The molecule has 1 fully saturated rings. The number of halogens is 1. The Morgan fingerprint density at radius 1 is 0.966 bits per heavy atom. The van der Waals surface area contributed by atoms with Gasteiger partial charge in [0.25, 0.3) is 5.91 Å². The van der Waals surface area contributed by atoms with Crippen LogP contribution in [0.3, 0.4) is 0 Å². The molecule has 6 nitrogen and oxygen atoms in total. The highest BCUT2D eigenvalue weighted by molar-refractivity contribution is 6.33. The monoisotopic (exact) mass is 408 g/mol. The largest absolute Gasteiger partial charge is 0.439 e. The van der Waals surface area contributed by atoms with Gasteiger partial charge >= 0.3 is 0 Å². The van der Waals surface area contributed by atoms with E-state index in [-0.39, 0.29) is 5.91 Å². The maximum Gasteiger partial charge on any atom is 0.255 e. The third kappa shape index (κ3) is 4.49. The van der Waals surface area contributed by atoms with Crippen molar-refractivity contribution in [2.45, 2.75) is 6.92 Å². The summed E-state index contributed by atoms with van der Waals surface area (Å²) in [6.45, 7) is 4.40. The number of hydrogen-bond donors (Lipinski definition) is 0. The molecule has 0 N–H and O–H groups in total. The van der Waals surface area contributed by atoms with Gasteiger partial charge in [0.15, 0.2) is 0 Å². The average molecular weight is 409 g/mol. The first-order valence-corrected chi connectivity index (χ1v) is 9.85. The Kier molecular flexibility index (Phi) is 5.62. The lowest BCUT2D eigenvalue weighted by Gasteiger charge is -2.35. The summed E-state index contributed by atoms with van der Waals surface area (Å²) in [6, 6.07) is 18.5. The highest BCUT2D eigenvalue weighted by Gasteiger charge is 2.24. The molecule has 1 amide bonds. The molecule has 7 heteroatoms. The molecule has 0 aliphatic carbocycles. The van der Waals surface area contributed by atoms with Crippen molar-refractivity contribution in [1.29, 1.82) is 0 Å². The molecule has 1 aliphatic rings. The van der Waals surface area contributed by atoms with Crippen molar-refractivity contribution in [3.63, 3.8) is 0 Å². The first kappa shape index (κ1) is 19.2. The smallest absolute Gasteiger partial charge is 0.255 e. The van der Waals surface area contributed by atoms with E-state index in [1.54, 1.807) is 12.1 Å². The summed E-state index contributed by atoms with van der Waals surface area (Å²) >= 11 is 6.18. The molecule has 1 aromatic heterocycles. The average Bonchev–Trinajstić information content (AvgIpc) is 2.74. The zero-order valence-corrected chi connectivity index (χ0v) is 16.8. The van der Waals surface area contributed by atoms with Gasteiger partial charge in [0, 0.05) is 32.2 Å². The summed E-state index contributed by atoms with van der Waals surface area (Å²) in [6.07, 6.45) is 0. The van der Waals surface area contributed by atoms with Gasteiger partial charge in [-0.2, -0.15) is 4.98 Å². The Morgan fingerprint density at radius 3 is 2.38 bits per heavy atom. The van der Waals surface area contributed by atoms with Gasteiger partial charge in [-0.05, 0) is 31.2 Å². The van der Waals surface area contributed by atoms with Crippen LogP contribution in [0.15, 0.2) is 60.7 Å². The number of hydrogen-bond acceptors (Lipinski definition) is 5. The first-order chi connectivity index (χ1) is 14.1. The van der Waals surface area contributed by atoms with Crippen LogP contribution in [-0.2, 0) is 0 Å². The van der Waals surface area contributed by atoms with Gasteiger partial charge in [-0.25, -0.2) is 4.98 Å². The van der Waals surface area contributed by atoms with E-state index in [2.05, 4.69) is 14.9 Å². The van der Waals surface area contributed by atoms with Gasteiger partial charge in [0.05, 0.1) is 10.6 Å². The topological polar surface area (TPSA) is 58.6 Å². The van der Waals surface area contributed by atoms with Crippen molar-refractivity contribution in [2.24, 2.45) is 0 Å². The van der Waals surface area contributed by atoms with Crippen LogP contribution in [0, 0.1) is 6.92 Å². The molecule has 0 radical (unpaired) electrons. The van der Waals surface area contributed by atoms with Crippen LogP contribution in [0.1, 0.15) is 16.2 Å². The van der Waals surface area contributed by atoms with Crippen molar-refractivity contribution in [3.05, 3.63) is 77.1 Å². The Hall–Kier alpha value is -3.12. The van der Waals surface area contributed by atoms with Gasteiger partial charge in [0.1, 0.15) is 17.4 Å². The highest BCUT2D eigenvalue weighted by atomic mass is 35.5. The van der Waals surface area contributed by atoms with Crippen molar-refractivity contribution in [3.8, 4) is 11.6 Å². The second-order valence-corrected chi connectivity index (χ2v) is 7.19. The van der Waals surface area contributed by atoms with Crippen LogP contribution >= 0.6 is 11.6 Å². The summed E-state index contributed by atoms with van der Waals surface area (Å²) < 4.78 is 5.86. The van der Waals surface area contributed by atoms with Crippen molar-refractivity contribution < 1.29 is 9.53 Å². The second kappa shape index (κ2) is 8.49. The van der Waals surface area contributed by atoms with E-state index in [0.717, 1.165) is 11.6 Å². The molecule has 3 aromatic rings. The number of para-hydroxylation sites is 1. The number of amides is 1. The number of carbonyl (C=O) groups excluding carboxylic acids is 1. The van der Waals surface area contributed by atoms with Crippen LogP contribution in [0.2, 0.25) is 5.02 Å². The Labute approximate surface area is 174 Å². The fourth-order valence-electron chi connectivity index (χ4n) is 3.29. The number of benzene rings is 2. The van der Waals surface area contributed by atoms with Gasteiger partial charge in [-0.1, -0.05) is 41.9 Å². The van der Waals surface area contributed by atoms with Crippen LogP contribution in [0.25, 0.3) is 0 Å². The number of nitrogens with zero attached hydrogens (tertiary/aromatic N) is 4. The molecule has 2 aromatic carbocycles. The Balaban J connectivity index is 1.44. The predicted molar refractivity (Wildman–Crippen MR) is 113 cm³/mol. The number of aryl methyl sites for hydroxylation is 1. The van der Waals surface area contributed by atoms with Crippen LogP contribution in [-0.4, -0.2) is 47.0 Å². The Bertz CT molecular complexity index is 1000. The number of ether oxygens (including phenoxy) is 1. The van der Waals surface area contributed by atoms with E-state index < -0.39 is 0 Å². The maximum atomic E-state index is 12.8. The van der Waals surface area contributed by atoms with Gasteiger partial charge in [-0.15, -0.1) is 0 Å². The van der Waals surface area contributed by atoms with Crippen molar-refractivity contribution >= 4 is 23.3 Å². The van der Waals surface area contributed by atoms with E-state index in [1.165, 1.54) is 0 Å². The summed E-state index contributed by atoms with van der Waals surface area (Å²) in [5.41, 5.74) is 0.541. The fraction of sp³-hybridized carbons (Fsp3) is 0.227. The quantitative estimate of drug-likeness (QED) is 0.647. The van der Waals surface area contributed by atoms with Crippen molar-refractivity contribution in [2.75, 3.05) is 31.1 Å². The predicted octanol–water partition coefficient (Wildman–Crippen LogP) is 4.19. The van der Waals surface area contributed by atoms with Crippen LogP contribution in [0.4, 0.5) is 5.82 Å². The lowest BCUT2D eigenvalue weighted by atomic mass is 10.2. The molecule has 0 atom stereocenters. The van der Waals surface area contributed by atoms with Crippen molar-refractivity contribution in [1.82, 2.24) is 14.9 Å². The molecule has 0 saturated carbocycles. The molecular weight excluding hydrogens is 388 g/mol. The number of rotatable bonds is 4. The van der Waals surface area contributed by atoms with Crippen LogP contribution < -0.4 is 9.64 Å². The molecular formula is C22H21ClN4O2. The highest BCUT2D eigenvalue weighted by Crippen LogP contribution is 2.24. The van der Waals surface area contributed by atoms with Gasteiger partial charge in [0.2, 0.25) is 5.88 Å². The minimum absolute atomic E-state index is 0.0396. The van der Waals surface area contributed by atoms with Gasteiger partial charge < -0.3 is 14.5 Å². The van der Waals surface area contributed by atoms with E-state index in [1.807, 2.05) is 60.4 Å². The normalized spacial score (nSPS) is 14.0. The number of aromatic nitrogens is 2. The van der Waals surface area contributed by atoms with E-state index in [9.17, 15) is 4.79 Å². The first-order valence-electron chi connectivity index (χ1n) is 9.47. The van der Waals surface area contributed by atoms with E-state index >= 15 is 0 Å². The molecule has 0 unspecified atom stereocenters. The number of piperazine rings is 1. The lowest BCUT2D eigenvalue weighted by Crippen LogP contribution is -2.49. The molecule has 29 heavy (non-hydrogen) atoms. The van der Waals surface area contributed by atoms with Gasteiger partial charge in [-0.3, -0.25) is 4.79 Å². The van der Waals surface area contributed by atoms with E-state index in [0.29, 0.717) is 48.5 Å². The molecule has 0 bridgehead atoms. The molecule has 0 spiro atoms. The fourth-order valence-corrected chi connectivity index (χ4v) is 3.51. The molecule has 4 rings (SSSR count). The SMILES string of the molecule is Cc1nc(Oc2ccccc2)cc(N2CCN(C(=O)c3ccccc3Cl)CC2)n1. The minimum atomic E-state index is -0.0396. The third-order valence-corrected chi connectivity index (χ3v) is 5.09. The summed E-state index contributed by atoms with van der Waals surface area (Å²) in [5.74, 6) is 2.64. The van der Waals surface area contributed by atoms with E-state index in [4.69, 9.17) is 16.3 Å². The summed E-state index contributed by atoms with van der Waals surface area (Å²) in [7, 11) is 0. The summed E-state index contributed by atoms with van der Waals surface area (Å²) in [5, 5.41) is 0.481. The Morgan fingerprint density at radius 2 is 1.66 bits per heavy atom. The minimum Gasteiger partial charge on any atom is -0.439 e. The molecule has 1 aliphatic heterocycles. The number of carbonyl (C=O) groups is 1. The third-order valence-electron chi connectivity index (χ3n) is 4.76. The lowest BCUT2D eigenvalue weighted by molar-refractivity contribution is 0.0746. The molecule has 2 heterocycles. The summed E-state index contributed by atoms with van der Waals surface area (Å²) in [4.78, 5) is 25.6. The molecule has 1 saturated heterocycles. The number of anilines is 1. The molecule has 148 valence electrons. The zero-order chi connectivity index (χ0) is 20.2. The zero-order valence-electron chi connectivity index (χ0n) is 16.1. The standard InChI is InChI=1S/C22H21ClN4O2/c1-16-24-20(15-21(25-16)29-17-7-3-2-4-8-17)26-11-13-27(14-12-26)22(28)18-9-5-6-10-19(18)23/h2-10,15H,11-14H2,1H3. The second-order valence-electron chi connectivity index (χ2n) is 6.79. The maximum absolute atomic E-state index is 12.8.